The zero-order chi connectivity index (χ0) is 14.9. The van der Waals surface area contributed by atoms with E-state index >= 15 is 0 Å². The number of carbonyl (C=O) groups is 1. The number of anilines is 1. The summed E-state index contributed by atoms with van der Waals surface area (Å²) in [5.74, 6) is -1.48. The molecule has 3 N–H and O–H groups in total. The summed E-state index contributed by atoms with van der Waals surface area (Å²) >= 11 is 0. The minimum absolute atomic E-state index is 0.0555. The number of furan rings is 1. The lowest BCUT2D eigenvalue weighted by Gasteiger charge is -2.06. The van der Waals surface area contributed by atoms with E-state index in [4.69, 9.17) is 9.56 Å². The summed E-state index contributed by atoms with van der Waals surface area (Å²) < 4.78 is 40.8. The Hall–Kier alpha value is -2.19. The van der Waals surface area contributed by atoms with E-state index in [1.165, 1.54) is 6.26 Å². The maximum absolute atomic E-state index is 13.7. The van der Waals surface area contributed by atoms with Gasteiger partial charge in [0.25, 0.3) is 5.91 Å². The highest BCUT2D eigenvalue weighted by Gasteiger charge is 2.16. The number of primary sulfonamides is 1. The Morgan fingerprint density at radius 3 is 2.55 bits per heavy atom. The van der Waals surface area contributed by atoms with Gasteiger partial charge in [-0.05, 0) is 31.2 Å². The van der Waals surface area contributed by atoms with Crippen molar-refractivity contribution in [1.29, 1.82) is 0 Å². The predicted molar refractivity (Wildman–Crippen MR) is 69.2 cm³/mol. The van der Waals surface area contributed by atoms with Crippen LogP contribution < -0.4 is 10.5 Å². The zero-order valence-electron chi connectivity index (χ0n) is 10.4. The maximum atomic E-state index is 13.7. The van der Waals surface area contributed by atoms with E-state index in [0.29, 0.717) is 5.56 Å². The van der Waals surface area contributed by atoms with Gasteiger partial charge in [-0.3, -0.25) is 4.79 Å². The molecule has 1 aromatic carbocycles. The number of carbonyl (C=O) groups excluding carboxylic acids is 1. The first-order chi connectivity index (χ1) is 9.29. The Bertz CT molecular complexity index is 768. The second-order valence-corrected chi connectivity index (χ2v) is 5.63. The molecule has 0 fully saturated rings. The number of benzene rings is 1. The molecule has 1 amide bonds. The van der Waals surface area contributed by atoms with E-state index in [-0.39, 0.29) is 16.3 Å². The van der Waals surface area contributed by atoms with Gasteiger partial charge < -0.3 is 9.73 Å². The predicted octanol–water partition coefficient (Wildman–Crippen LogP) is 1.63. The molecule has 2 aromatic rings. The maximum Gasteiger partial charge on any atom is 0.291 e. The summed E-state index contributed by atoms with van der Waals surface area (Å²) in [5, 5.41) is 7.17. The molecular weight excluding hydrogens is 287 g/mol. The summed E-state index contributed by atoms with van der Waals surface area (Å²) in [6.07, 6.45) is 1.34. The summed E-state index contributed by atoms with van der Waals surface area (Å²) in [6, 6.07) is 4.55. The van der Waals surface area contributed by atoms with Crippen molar-refractivity contribution in [3.05, 3.63) is 47.7 Å². The molecule has 0 bridgehead atoms. The Morgan fingerprint density at radius 2 is 2.05 bits per heavy atom. The van der Waals surface area contributed by atoms with Crippen molar-refractivity contribution >= 4 is 21.6 Å². The summed E-state index contributed by atoms with van der Waals surface area (Å²) in [4.78, 5) is 11.4. The van der Waals surface area contributed by atoms with Crippen LogP contribution in [0.4, 0.5) is 10.1 Å². The van der Waals surface area contributed by atoms with E-state index in [1.807, 2.05) is 0 Å². The molecule has 0 atom stereocenters. The van der Waals surface area contributed by atoms with Crippen molar-refractivity contribution in [3.63, 3.8) is 0 Å². The lowest BCUT2D eigenvalue weighted by molar-refractivity contribution is 0.0995. The van der Waals surface area contributed by atoms with Gasteiger partial charge in [-0.15, -0.1) is 0 Å². The number of nitrogens with two attached hydrogens (primary N) is 1. The monoisotopic (exact) mass is 298 g/mol. The molecule has 0 radical (unpaired) electrons. The number of hydrogen-bond acceptors (Lipinski definition) is 4. The molecule has 0 unspecified atom stereocenters. The Labute approximate surface area is 114 Å². The molecule has 0 aliphatic carbocycles. The fourth-order valence-electron chi connectivity index (χ4n) is 1.56. The van der Waals surface area contributed by atoms with Crippen molar-refractivity contribution in [1.82, 2.24) is 0 Å². The summed E-state index contributed by atoms with van der Waals surface area (Å²) in [5.41, 5.74) is 0.433. The van der Waals surface area contributed by atoms with Gasteiger partial charge in [0.1, 0.15) is 5.82 Å². The fraction of sp³-hybridized carbons (Fsp3) is 0.0833. The average molecular weight is 298 g/mol. The Morgan fingerprint density at radius 1 is 1.35 bits per heavy atom. The highest BCUT2D eigenvalue weighted by molar-refractivity contribution is 7.89. The van der Waals surface area contributed by atoms with Crippen molar-refractivity contribution in [2.75, 3.05) is 5.32 Å². The fourth-order valence-corrected chi connectivity index (χ4v) is 2.08. The summed E-state index contributed by atoms with van der Waals surface area (Å²) in [6.45, 7) is 1.67. The van der Waals surface area contributed by atoms with Gasteiger partial charge >= 0.3 is 0 Å². The highest BCUT2D eigenvalue weighted by Crippen LogP contribution is 2.19. The number of rotatable bonds is 3. The van der Waals surface area contributed by atoms with Crippen LogP contribution in [0, 0.1) is 12.7 Å². The largest absolute Gasteiger partial charge is 0.459 e. The van der Waals surface area contributed by atoms with Gasteiger partial charge in [-0.1, -0.05) is 0 Å². The third-order valence-electron chi connectivity index (χ3n) is 2.59. The SMILES string of the molecule is Cc1ccoc1C(=O)Nc1ccc(S(N)(=O)=O)cc1F. The zero-order valence-corrected chi connectivity index (χ0v) is 11.2. The van der Waals surface area contributed by atoms with E-state index in [9.17, 15) is 17.6 Å². The van der Waals surface area contributed by atoms with Crippen LogP contribution in [0.2, 0.25) is 0 Å². The minimum atomic E-state index is -3.99. The standard InChI is InChI=1S/C12H11FN2O4S/c1-7-4-5-19-11(7)12(16)15-10-3-2-8(6-9(10)13)20(14,17)18/h2-6H,1H3,(H,15,16)(H2,14,17,18). The molecular formula is C12H11FN2O4S. The number of sulfonamides is 1. The van der Waals surface area contributed by atoms with E-state index < -0.39 is 21.7 Å². The van der Waals surface area contributed by atoms with Crippen LogP contribution in [0.25, 0.3) is 0 Å². The molecule has 106 valence electrons. The lowest BCUT2D eigenvalue weighted by Crippen LogP contribution is -2.15. The number of nitrogens with one attached hydrogen (secondary N) is 1. The molecule has 6 nitrogen and oxygen atoms in total. The summed E-state index contributed by atoms with van der Waals surface area (Å²) in [7, 11) is -3.99. The normalized spacial score (nSPS) is 11.3. The molecule has 1 heterocycles. The molecule has 0 aliphatic heterocycles. The second-order valence-electron chi connectivity index (χ2n) is 4.07. The minimum Gasteiger partial charge on any atom is -0.459 e. The quantitative estimate of drug-likeness (QED) is 0.898. The molecule has 8 heteroatoms. The van der Waals surface area contributed by atoms with E-state index in [2.05, 4.69) is 5.32 Å². The van der Waals surface area contributed by atoms with Crippen LogP contribution in [0.1, 0.15) is 16.1 Å². The number of hydrogen-bond donors (Lipinski definition) is 2. The Balaban J connectivity index is 2.27. The second kappa shape index (κ2) is 5.06. The van der Waals surface area contributed by atoms with Crippen molar-refractivity contribution in [2.24, 2.45) is 5.14 Å². The molecule has 20 heavy (non-hydrogen) atoms. The van der Waals surface area contributed by atoms with E-state index in [0.717, 1.165) is 18.2 Å². The van der Waals surface area contributed by atoms with Gasteiger partial charge in [0.15, 0.2) is 5.76 Å². The van der Waals surface area contributed by atoms with Crippen molar-refractivity contribution in [2.45, 2.75) is 11.8 Å². The number of halogens is 1. The van der Waals surface area contributed by atoms with Crippen LogP contribution >= 0.6 is 0 Å². The van der Waals surface area contributed by atoms with Gasteiger partial charge in [0.05, 0.1) is 16.8 Å². The first-order valence-corrected chi connectivity index (χ1v) is 7.01. The third kappa shape index (κ3) is 2.86. The Kier molecular flexibility index (Phi) is 3.60. The highest BCUT2D eigenvalue weighted by atomic mass is 32.2. The van der Waals surface area contributed by atoms with Crippen molar-refractivity contribution < 1.29 is 22.0 Å². The van der Waals surface area contributed by atoms with Crippen LogP contribution in [0.15, 0.2) is 39.8 Å². The van der Waals surface area contributed by atoms with Crippen LogP contribution in [-0.2, 0) is 10.0 Å². The lowest BCUT2D eigenvalue weighted by atomic mass is 10.2. The molecule has 0 saturated carbocycles. The molecule has 2 rings (SSSR count). The first-order valence-electron chi connectivity index (χ1n) is 5.47. The van der Waals surface area contributed by atoms with Crippen LogP contribution in [-0.4, -0.2) is 14.3 Å². The topological polar surface area (TPSA) is 102 Å². The smallest absolute Gasteiger partial charge is 0.291 e. The van der Waals surface area contributed by atoms with Gasteiger partial charge in [0.2, 0.25) is 10.0 Å². The van der Waals surface area contributed by atoms with Gasteiger partial charge in [-0.25, -0.2) is 17.9 Å². The van der Waals surface area contributed by atoms with E-state index in [1.54, 1.807) is 13.0 Å². The van der Waals surface area contributed by atoms with Crippen LogP contribution in [0.5, 0.6) is 0 Å². The van der Waals surface area contributed by atoms with Gasteiger partial charge in [0, 0.05) is 5.56 Å². The number of amides is 1. The molecule has 0 aliphatic rings. The average Bonchev–Trinajstić information content (AvgIpc) is 2.76. The molecule has 1 aromatic heterocycles. The molecule has 0 saturated heterocycles. The number of aryl methyl sites for hydroxylation is 1. The van der Waals surface area contributed by atoms with Crippen molar-refractivity contribution in [3.8, 4) is 0 Å². The van der Waals surface area contributed by atoms with Crippen LogP contribution in [0.3, 0.4) is 0 Å². The first kappa shape index (κ1) is 14.2. The molecule has 0 spiro atoms. The third-order valence-corrected chi connectivity index (χ3v) is 3.50. The van der Waals surface area contributed by atoms with Gasteiger partial charge in [-0.2, -0.15) is 0 Å².